The Bertz CT molecular complexity index is 1310. The van der Waals surface area contributed by atoms with Crippen molar-refractivity contribution in [1.82, 2.24) is 20.2 Å². The Morgan fingerprint density at radius 3 is 2.69 bits per heavy atom. The maximum Gasteiger partial charge on any atom is 0.238 e. The van der Waals surface area contributed by atoms with E-state index in [0.717, 1.165) is 22.2 Å². The molecule has 0 bridgehead atoms. The Balaban J connectivity index is 1.61. The van der Waals surface area contributed by atoms with Gasteiger partial charge in [-0.1, -0.05) is 24.3 Å². The Kier molecular flexibility index (Phi) is 4.79. The fourth-order valence-electron chi connectivity index (χ4n) is 2.83. The summed E-state index contributed by atoms with van der Waals surface area (Å²) in [7, 11) is -3.80. The molecule has 9 nitrogen and oxygen atoms in total. The van der Waals surface area contributed by atoms with Gasteiger partial charge < -0.3 is 10.6 Å². The fraction of sp³-hybridized carbons (Fsp3) is 0.0526. The zero-order valence-corrected chi connectivity index (χ0v) is 16.2. The third kappa shape index (κ3) is 4.13. The van der Waals surface area contributed by atoms with Crippen LogP contribution < -0.4 is 15.8 Å². The third-order valence-electron chi connectivity index (χ3n) is 4.21. The standard InChI is InChI=1S/C19H17N7O2S/c1-12-4-2-7-15-16(11-22-26-18(12)15)24-17-8-9-21-19(25-17)23-13-5-3-6-14(10-13)29(20,27)28/h2-11H,1H3,(H2,20,27,28)(H2,21,23,24,25,26). The topological polar surface area (TPSA) is 136 Å². The molecule has 0 fully saturated rings. The van der Waals surface area contributed by atoms with Crippen molar-refractivity contribution < 1.29 is 8.42 Å². The minimum atomic E-state index is -3.80. The highest BCUT2D eigenvalue weighted by Crippen LogP contribution is 2.25. The van der Waals surface area contributed by atoms with E-state index in [1.165, 1.54) is 12.1 Å². The van der Waals surface area contributed by atoms with Gasteiger partial charge in [0.15, 0.2) is 0 Å². The number of rotatable bonds is 5. The Hall–Kier alpha value is -3.63. The zero-order valence-electron chi connectivity index (χ0n) is 15.4. The van der Waals surface area contributed by atoms with Crippen LogP contribution in [0.5, 0.6) is 0 Å². The first-order chi connectivity index (χ1) is 13.9. The maximum atomic E-state index is 11.5. The van der Waals surface area contributed by atoms with Crippen molar-refractivity contribution >= 4 is 44.1 Å². The van der Waals surface area contributed by atoms with Crippen LogP contribution in [0.15, 0.2) is 65.8 Å². The molecule has 0 saturated carbocycles. The lowest BCUT2D eigenvalue weighted by Crippen LogP contribution is -2.12. The summed E-state index contributed by atoms with van der Waals surface area (Å²) in [6.07, 6.45) is 3.22. The predicted octanol–water partition coefficient (Wildman–Crippen LogP) is 2.86. The maximum absolute atomic E-state index is 11.5. The van der Waals surface area contributed by atoms with Crippen LogP contribution in [0.4, 0.5) is 23.1 Å². The van der Waals surface area contributed by atoms with Crippen LogP contribution >= 0.6 is 0 Å². The number of nitrogens with two attached hydrogens (primary N) is 1. The number of sulfonamides is 1. The zero-order chi connectivity index (χ0) is 20.4. The lowest BCUT2D eigenvalue weighted by molar-refractivity contribution is 0.598. The van der Waals surface area contributed by atoms with Crippen molar-refractivity contribution in [2.45, 2.75) is 11.8 Å². The molecule has 0 aliphatic rings. The van der Waals surface area contributed by atoms with E-state index in [4.69, 9.17) is 5.14 Å². The monoisotopic (exact) mass is 407 g/mol. The van der Waals surface area contributed by atoms with E-state index in [-0.39, 0.29) is 4.90 Å². The summed E-state index contributed by atoms with van der Waals surface area (Å²) < 4.78 is 23.0. The van der Waals surface area contributed by atoms with Crippen LogP contribution in [-0.2, 0) is 10.0 Å². The molecule has 0 radical (unpaired) electrons. The number of nitrogens with zero attached hydrogens (tertiary/aromatic N) is 4. The first-order valence-electron chi connectivity index (χ1n) is 8.61. The normalized spacial score (nSPS) is 11.4. The first-order valence-corrected chi connectivity index (χ1v) is 10.2. The van der Waals surface area contributed by atoms with Crippen LogP contribution in [0.25, 0.3) is 10.9 Å². The third-order valence-corrected chi connectivity index (χ3v) is 5.12. The molecule has 4 N–H and O–H groups in total. The summed E-state index contributed by atoms with van der Waals surface area (Å²) in [5.41, 5.74) is 3.10. The molecule has 2 aromatic carbocycles. The summed E-state index contributed by atoms with van der Waals surface area (Å²) in [5, 5.41) is 20.5. The molecule has 2 heterocycles. The van der Waals surface area contributed by atoms with Crippen molar-refractivity contribution in [3.63, 3.8) is 0 Å². The molecule has 0 aliphatic carbocycles. The molecule has 0 spiro atoms. The second-order valence-corrected chi connectivity index (χ2v) is 7.88. The molecule has 0 atom stereocenters. The van der Waals surface area contributed by atoms with Crippen LogP contribution in [-0.4, -0.2) is 28.6 Å². The summed E-state index contributed by atoms with van der Waals surface area (Å²) >= 11 is 0. The number of aryl methyl sites for hydroxylation is 1. The molecule has 4 rings (SSSR count). The van der Waals surface area contributed by atoms with Crippen LogP contribution in [0.3, 0.4) is 0 Å². The highest BCUT2D eigenvalue weighted by atomic mass is 32.2. The lowest BCUT2D eigenvalue weighted by atomic mass is 10.1. The smallest absolute Gasteiger partial charge is 0.238 e. The summed E-state index contributed by atoms with van der Waals surface area (Å²) in [5.74, 6) is 0.838. The summed E-state index contributed by atoms with van der Waals surface area (Å²) in [4.78, 5) is 8.60. The van der Waals surface area contributed by atoms with Crippen LogP contribution in [0.1, 0.15) is 5.56 Å². The molecule has 10 heteroatoms. The van der Waals surface area contributed by atoms with E-state index in [0.29, 0.717) is 17.5 Å². The number of nitrogens with one attached hydrogen (secondary N) is 2. The molecule has 0 saturated heterocycles. The SMILES string of the molecule is Cc1cccc2c(Nc3ccnc(Nc4cccc(S(N)(=O)=O)c4)n3)cnnc12. The second kappa shape index (κ2) is 7.41. The van der Waals surface area contributed by atoms with Gasteiger partial charge in [0.2, 0.25) is 16.0 Å². The number of hydrogen-bond donors (Lipinski definition) is 3. The molecule has 0 aliphatic heterocycles. The van der Waals surface area contributed by atoms with Gasteiger partial charge >= 0.3 is 0 Å². The molecule has 0 unspecified atom stereocenters. The summed E-state index contributed by atoms with van der Waals surface area (Å²) in [6.45, 7) is 1.98. The van der Waals surface area contributed by atoms with E-state index in [9.17, 15) is 8.42 Å². The average Bonchev–Trinajstić information content (AvgIpc) is 2.69. The van der Waals surface area contributed by atoms with Crippen molar-refractivity contribution in [1.29, 1.82) is 0 Å². The fourth-order valence-corrected chi connectivity index (χ4v) is 3.39. The molecular weight excluding hydrogens is 390 g/mol. The molecule has 29 heavy (non-hydrogen) atoms. The lowest BCUT2D eigenvalue weighted by Gasteiger charge is -2.11. The quantitative estimate of drug-likeness (QED) is 0.459. The highest BCUT2D eigenvalue weighted by molar-refractivity contribution is 7.89. The first kappa shape index (κ1) is 18.7. The van der Waals surface area contributed by atoms with Gasteiger partial charge in [-0.25, -0.2) is 18.5 Å². The number of primary sulfonamides is 1. The van der Waals surface area contributed by atoms with Gasteiger partial charge in [-0.3, -0.25) is 0 Å². The van der Waals surface area contributed by atoms with Gasteiger partial charge in [0, 0.05) is 17.3 Å². The van der Waals surface area contributed by atoms with Crippen molar-refractivity contribution in [2.75, 3.05) is 10.6 Å². The largest absolute Gasteiger partial charge is 0.338 e. The van der Waals surface area contributed by atoms with E-state index in [1.54, 1.807) is 30.6 Å². The van der Waals surface area contributed by atoms with Gasteiger partial charge in [-0.2, -0.15) is 15.2 Å². The predicted molar refractivity (Wildman–Crippen MR) is 111 cm³/mol. The molecular formula is C19H17N7O2S. The van der Waals surface area contributed by atoms with Crippen molar-refractivity contribution in [2.24, 2.45) is 5.14 Å². The second-order valence-electron chi connectivity index (χ2n) is 6.32. The van der Waals surface area contributed by atoms with Gasteiger partial charge in [-0.05, 0) is 36.8 Å². The molecule has 0 amide bonds. The molecule has 4 aromatic rings. The average molecular weight is 407 g/mol. The van der Waals surface area contributed by atoms with Gasteiger partial charge in [0.05, 0.1) is 22.3 Å². The minimum absolute atomic E-state index is 0.00137. The van der Waals surface area contributed by atoms with Crippen LogP contribution in [0, 0.1) is 6.92 Å². The minimum Gasteiger partial charge on any atom is -0.338 e. The van der Waals surface area contributed by atoms with Gasteiger partial charge in [0.25, 0.3) is 0 Å². The van der Waals surface area contributed by atoms with Crippen molar-refractivity contribution in [3.8, 4) is 0 Å². The van der Waals surface area contributed by atoms with Gasteiger partial charge in [0.1, 0.15) is 5.82 Å². The Morgan fingerprint density at radius 1 is 1.03 bits per heavy atom. The highest BCUT2D eigenvalue weighted by Gasteiger charge is 2.10. The number of anilines is 4. The molecule has 146 valence electrons. The number of benzene rings is 2. The van der Waals surface area contributed by atoms with Crippen LogP contribution in [0.2, 0.25) is 0 Å². The van der Waals surface area contributed by atoms with E-state index in [1.807, 2.05) is 25.1 Å². The summed E-state index contributed by atoms with van der Waals surface area (Å²) in [6, 6.07) is 13.7. The Labute approximate surface area is 167 Å². The number of aromatic nitrogens is 4. The molecule has 2 aromatic heterocycles. The van der Waals surface area contributed by atoms with E-state index < -0.39 is 10.0 Å². The number of fused-ring (bicyclic) bond motifs is 1. The van der Waals surface area contributed by atoms with E-state index >= 15 is 0 Å². The number of hydrogen-bond acceptors (Lipinski definition) is 8. The van der Waals surface area contributed by atoms with Gasteiger partial charge in [-0.15, -0.1) is 0 Å². The van der Waals surface area contributed by atoms with E-state index in [2.05, 4.69) is 30.8 Å². The van der Waals surface area contributed by atoms with Crippen molar-refractivity contribution in [3.05, 3.63) is 66.5 Å². The Morgan fingerprint density at radius 2 is 1.86 bits per heavy atom.